The van der Waals surface area contributed by atoms with Gasteiger partial charge in [-0.15, -0.1) is 0 Å². The zero-order valence-corrected chi connectivity index (χ0v) is 14.9. The molecule has 0 N–H and O–H groups in total. The number of aromatic nitrogens is 1. The Morgan fingerprint density at radius 2 is 2.09 bits per heavy atom. The summed E-state index contributed by atoms with van der Waals surface area (Å²) in [5, 5.41) is 9.70. The minimum atomic E-state index is -0.515. The lowest BCUT2D eigenvalue weighted by Crippen LogP contribution is -2.44. The van der Waals surface area contributed by atoms with Crippen LogP contribution in [-0.4, -0.2) is 28.9 Å². The van der Waals surface area contributed by atoms with Gasteiger partial charge in [-0.05, 0) is 53.7 Å². The molecule has 0 bridgehead atoms. The van der Waals surface area contributed by atoms with Crippen LogP contribution in [0.25, 0.3) is 0 Å². The predicted molar refractivity (Wildman–Crippen MR) is 89.1 cm³/mol. The fourth-order valence-corrected chi connectivity index (χ4v) is 3.39. The van der Waals surface area contributed by atoms with Gasteiger partial charge in [-0.2, -0.15) is 5.26 Å². The molecule has 1 amide bonds. The number of halogens is 1. The summed E-state index contributed by atoms with van der Waals surface area (Å²) in [4.78, 5) is 18.4. The summed E-state index contributed by atoms with van der Waals surface area (Å²) in [5.41, 5.74) is 0.327. The summed E-state index contributed by atoms with van der Waals surface area (Å²) in [7, 11) is 1.88. The Bertz CT molecular complexity index is 569. The van der Waals surface area contributed by atoms with Crippen LogP contribution in [0.4, 0.5) is 0 Å². The predicted octanol–water partition coefficient (Wildman–Crippen LogP) is 3.66. The first-order chi connectivity index (χ1) is 10.4. The zero-order valence-electron chi connectivity index (χ0n) is 13.3. The molecule has 0 radical (unpaired) electrons. The second kappa shape index (κ2) is 6.78. The average molecular weight is 364 g/mol. The van der Waals surface area contributed by atoms with Crippen LogP contribution in [0.1, 0.15) is 45.2 Å². The fraction of sp³-hybridized carbons (Fsp3) is 0.588. The normalized spacial score (nSPS) is 24.8. The third kappa shape index (κ3) is 3.33. The van der Waals surface area contributed by atoms with E-state index in [9.17, 15) is 10.1 Å². The smallest absolute Gasteiger partial charge is 0.225 e. The number of carbonyl (C=O) groups is 1. The van der Waals surface area contributed by atoms with Crippen molar-refractivity contribution in [2.45, 2.75) is 51.0 Å². The van der Waals surface area contributed by atoms with E-state index < -0.39 is 5.41 Å². The third-order valence-corrected chi connectivity index (χ3v) is 5.10. The van der Waals surface area contributed by atoms with Crippen molar-refractivity contribution >= 4 is 21.8 Å². The van der Waals surface area contributed by atoms with Crippen molar-refractivity contribution in [3.8, 4) is 6.07 Å². The maximum atomic E-state index is 12.1. The molecule has 0 atom stereocenters. The molecule has 0 unspecified atom stereocenters. The quantitative estimate of drug-likeness (QED) is 0.823. The van der Waals surface area contributed by atoms with Crippen molar-refractivity contribution in [3.05, 3.63) is 28.5 Å². The van der Waals surface area contributed by atoms with E-state index in [1.165, 1.54) is 0 Å². The molecule has 2 rings (SSSR count). The first-order valence-corrected chi connectivity index (χ1v) is 8.49. The van der Waals surface area contributed by atoms with E-state index in [0.717, 1.165) is 35.8 Å². The number of amides is 1. The minimum Gasteiger partial charge on any atom is -0.343 e. The lowest BCUT2D eigenvalue weighted by atomic mass is 9.71. The topological polar surface area (TPSA) is 57.0 Å². The highest BCUT2D eigenvalue weighted by Crippen LogP contribution is 2.39. The Hall–Kier alpha value is -1.41. The van der Waals surface area contributed by atoms with E-state index in [2.05, 4.69) is 27.0 Å². The molecule has 1 aromatic heterocycles. The molecule has 1 saturated carbocycles. The van der Waals surface area contributed by atoms with Crippen molar-refractivity contribution < 1.29 is 4.79 Å². The van der Waals surface area contributed by atoms with Crippen molar-refractivity contribution in [1.29, 1.82) is 5.26 Å². The van der Waals surface area contributed by atoms with Crippen LogP contribution < -0.4 is 0 Å². The van der Waals surface area contributed by atoms with E-state index in [-0.39, 0.29) is 17.9 Å². The van der Waals surface area contributed by atoms with Crippen LogP contribution in [-0.2, 0) is 10.2 Å². The lowest BCUT2D eigenvalue weighted by molar-refractivity contribution is -0.136. The number of nitriles is 1. The number of pyridine rings is 1. The molecule has 1 heterocycles. The van der Waals surface area contributed by atoms with Gasteiger partial charge >= 0.3 is 0 Å². The molecule has 0 saturated heterocycles. The van der Waals surface area contributed by atoms with E-state index in [0.29, 0.717) is 0 Å². The first-order valence-electron chi connectivity index (χ1n) is 7.69. The highest BCUT2D eigenvalue weighted by atomic mass is 79.9. The second-order valence-corrected chi connectivity index (χ2v) is 7.31. The van der Waals surface area contributed by atoms with Gasteiger partial charge in [-0.1, -0.05) is 13.8 Å². The Morgan fingerprint density at radius 3 is 2.55 bits per heavy atom. The summed E-state index contributed by atoms with van der Waals surface area (Å²) in [6.45, 7) is 3.85. The molecular formula is C17H22BrN3O. The number of nitrogens with zero attached hydrogens (tertiary/aromatic N) is 3. The van der Waals surface area contributed by atoms with Gasteiger partial charge < -0.3 is 4.90 Å². The average Bonchev–Trinajstić information content (AvgIpc) is 2.54. The standard InChI is InChI=1S/C17H22BrN3O/c1-12(2)16(22)21(3)14-6-8-17(11-19,9-7-14)15-5-4-13(18)10-20-15/h4-5,10,12,14H,6-9H2,1-3H3. The minimum absolute atomic E-state index is 0.0146. The fourth-order valence-electron chi connectivity index (χ4n) is 3.15. The van der Waals surface area contributed by atoms with E-state index >= 15 is 0 Å². The largest absolute Gasteiger partial charge is 0.343 e. The molecule has 22 heavy (non-hydrogen) atoms. The lowest BCUT2D eigenvalue weighted by Gasteiger charge is -2.39. The van der Waals surface area contributed by atoms with Crippen LogP contribution in [0, 0.1) is 17.2 Å². The van der Waals surface area contributed by atoms with E-state index in [4.69, 9.17) is 0 Å². The highest BCUT2D eigenvalue weighted by Gasteiger charge is 2.40. The summed E-state index contributed by atoms with van der Waals surface area (Å²) in [6, 6.07) is 6.57. The molecular weight excluding hydrogens is 342 g/mol. The van der Waals surface area contributed by atoms with Gasteiger partial charge in [0.2, 0.25) is 5.91 Å². The molecule has 1 aromatic rings. The van der Waals surface area contributed by atoms with Crippen LogP contribution in [0.2, 0.25) is 0 Å². The maximum absolute atomic E-state index is 12.1. The Morgan fingerprint density at radius 1 is 1.45 bits per heavy atom. The summed E-state index contributed by atoms with van der Waals surface area (Å²) in [6.07, 6.45) is 4.94. The molecule has 1 aliphatic carbocycles. The maximum Gasteiger partial charge on any atom is 0.225 e. The molecule has 118 valence electrons. The molecule has 1 aliphatic rings. The molecule has 1 fully saturated rings. The Balaban J connectivity index is 2.10. The first kappa shape index (κ1) is 17.0. The van der Waals surface area contributed by atoms with Gasteiger partial charge in [0.25, 0.3) is 0 Å². The van der Waals surface area contributed by atoms with Gasteiger partial charge in [0, 0.05) is 29.7 Å². The van der Waals surface area contributed by atoms with Gasteiger partial charge in [0.05, 0.1) is 17.2 Å². The van der Waals surface area contributed by atoms with Crippen LogP contribution in [0.5, 0.6) is 0 Å². The second-order valence-electron chi connectivity index (χ2n) is 6.39. The summed E-state index contributed by atoms with van der Waals surface area (Å²) >= 11 is 3.38. The zero-order chi connectivity index (χ0) is 16.3. The van der Waals surface area contributed by atoms with E-state index in [1.807, 2.05) is 37.9 Å². The molecule has 0 aliphatic heterocycles. The monoisotopic (exact) mass is 363 g/mol. The molecule has 4 nitrogen and oxygen atoms in total. The van der Waals surface area contributed by atoms with Crippen molar-refractivity contribution in [2.24, 2.45) is 5.92 Å². The highest BCUT2D eigenvalue weighted by molar-refractivity contribution is 9.10. The van der Waals surface area contributed by atoms with E-state index in [1.54, 1.807) is 6.20 Å². The summed E-state index contributed by atoms with van der Waals surface area (Å²) < 4.78 is 0.917. The SMILES string of the molecule is CC(C)C(=O)N(C)C1CCC(C#N)(c2ccc(Br)cn2)CC1. The van der Waals surface area contributed by atoms with Crippen LogP contribution >= 0.6 is 15.9 Å². The van der Waals surface area contributed by atoms with Crippen molar-refractivity contribution in [3.63, 3.8) is 0 Å². The van der Waals surface area contributed by atoms with Crippen LogP contribution in [0.3, 0.4) is 0 Å². The number of hydrogen-bond donors (Lipinski definition) is 0. The molecule has 0 spiro atoms. The molecule has 5 heteroatoms. The van der Waals surface area contributed by atoms with Crippen molar-refractivity contribution in [2.75, 3.05) is 7.05 Å². The van der Waals surface area contributed by atoms with Crippen molar-refractivity contribution in [1.82, 2.24) is 9.88 Å². The third-order valence-electron chi connectivity index (χ3n) is 4.63. The summed E-state index contributed by atoms with van der Waals surface area (Å²) in [5.74, 6) is 0.192. The van der Waals surface area contributed by atoms with Gasteiger partial charge in [0.15, 0.2) is 0 Å². The van der Waals surface area contributed by atoms with Gasteiger partial charge in [-0.3, -0.25) is 9.78 Å². The number of hydrogen-bond acceptors (Lipinski definition) is 3. The number of carbonyl (C=O) groups excluding carboxylic acids is 1. The Kier molecular flexibility index (Phi) is 5.23. The van der Waals surface area contributed by atoms with Gasteiger partial charge in [-0.25, -0.2) is 0 Å². The van der Waals surface area contributed by atoms with Gasteiger partial charge in [0.1, 0.15) is 0 Å². The van der Waals surface area contributed by atoms with Crippen LogP contribution in [0.15, 0.2) is 22.8 Å². The molecule has 0 aromatic carbocycles. The Labute approximate surface area is 140 Å². The number of rotatable bonds is 3.